The van der Waals surface area contributed by atoms with E-state index in [1.54, 1.807) is 11.3 Å². The maximum Gasteiger partial charge on any atom is 0.00849 e. The van der Waals surface area contributed by atoms with Gasteiger partial charge in [0.15, 0.2) is 0 Å². The van der Waals surface area contributed by atoms with Gasteiger partial charge in [-0.25, -0.2) is 0 Å². The maximum atomic E-state index is 6.49. The molecule has 0 aliphatic heterocycles. The van der Waals surface area contributed by atoms with Gasteiger partial charge in [0.25, 0.3) is 0 Å². The normalized spacial score (nSPS) is 41.6. The first-order valence-electron chi connectivity index (χ1n) is 7.97. The van der Waals surface area contributed by atoms with Crippen LogP contribution in [0.5, 0.6) is 0 Å². The lowest BCUT2D eigenvalue weighted by molar-refractivity contribution is -0.0602. The van der Waals surface area contributed by atoms with Crippen LogP contribution in [0.4, 0.5) is 0 Å². The van der Waals surface area contributed by atoms with Crippen LogP contribution in [0.25, 0.3) is 0 Å². The zero-order valence-electron chi connectivity index (χ0n) is 11.7. The van der Waals surface area contributed by atoms with Crippen LogP contribution in [0, 0.1) is 23.2 Å². The molecule has 5 rings (SSSR count). The van der Waals surface area contributed by atoms with Crippen molar-refractivity contribution in [2.75, 3.05) is 0 Å². The molecule has 1 atom stereocenters. The van der Waals surface area contributed by atoms with E-state index >= 15 is 0 Å². The van der Waals surface area contributed by atoms with Crippen LogP contribution in [0.1, 0.15) is 50.5 Å². The predicted molar refractivity (Wildman–Crippen MR) is 81.2 cm³/mol. The van der Waals surface area contributed by atoms with Gasteiger partial charge in [0.05, 0.1) is 0 Å². The highest BCUT2D eigenvalue weighted by molar-refractivity contribution is 7.07. The quantitative estimate of drug-likeness (QED) is 0.874. The van der Waals surface area contributed by atoms with Gasteiger partial charge in [0, 0.05) is 6.04 Å². The van der Waals surface area contributed by atoms with E-state index in [4.69, 9.17) is 5.73 Å². The van der Waals surface area contributed by atoms with Crippen LogP contribution in [-0.4, -0.2) is 6.04 Å². The third kappa shape index (κ3) is 2.38. The molecule has 1 nitrogen and oxygen atoms in total. The number of nitrogens with two attached hydrogens (primary N) is 1. The van der Waals surface area contributed by atoms with E-state index in [0.29, 0.717) is 11.5 Å². The van der Waals surface area contributed by atoms with Gasteiger partial charge in [-0.15, -0.1) is 0 Å². The molecule has 4 aliphatic rings. The molecule has 2 heteroatoms. The summed E-state index contributed by atoms with van der Waals surface area (Å²) >= 11 is 1.80. The van der Waals surface area contributed by atoms with Gasteiger partial charge in [-0.3, -0.25) is 0 Å². The van der Waals surface area contributed by atoms with Crippen molar-refractivity contribution in [3.8, 4) is 0 Å². The Labute approximate surface area is 120 Å². The molecule has 4 aliphatic carbocycles. The summed E-state index contributed by atoms with van der Waals surface area (Å²) in [6, 6.07) is 2.62. The average Bonchev–Trinajstić information content (AvgIpc) is 2.78. The smallest absolute Gasteiger partial charge is 0.00849 e. The van der Waals surface area contributed by atoms with Crippen molar-refractivity contribution >= 4 is 11.3 Å². The van der Waals surface area contributed by atoms with E-state index < -0.39 is 0 Å². The summed E-state index contributed by atoms with van der Waals surface area (Å²) in [5, 5.41) is 4.44. The Bertz CT molecular complexity index is 401. The SMILES string of the molecule is NC(Cc1ccsc1)CC12CC3CC(CC(C3)C1)C2. The molecule has 19 heavy (non-hydrogen) atoms. The number of rotatable bonds is 4. The van der Waals surface area contributed by atoms with Crippen molar-refractivity contribution in [2.24, 2.45) is 28.9 Å². The lowest BCUT2D eigenvalue weighted by Gasteiger charge is -2.57. The summed E-state index contributed by atoms with van der Waals surface area (Å²) in [6.07, 6.45) is 11.5. The molecule has 4 saturated carbocycles. The largest absolute Gasteiger partial charge is 0.327 e. The third-order valence-corrected chi connectivity index (χ3v) is 6.67. The van der Waals surface area contributed by atoms with Gasteiger partial charge in [0.1, 0.15) is 0 Å². The zero-order chi connectivity index (χ0) is 12.9. The third-order valence-electron chi connectivity index (χ3n) is 5.94. The van der Waals surface area contributed by atoms with Crippen LogP contribution < -0.4 is 5.73 Å². The fraction of sp³-hybridized carbons (Fsp3) is 0.765. The lowest BCUT2D eigenvalue weighted by atomic mass is 9.48. The molecule has 1 aromatic rings. The average molecular weight is 275 g/mol. The standard InChI is InChI=1S/C17H25NS/c18-16(6-12-1-2-19-11-12)10-17-7-13-3-14(8-17)5-15(4-13)9-17/h1-2,11,13-16H,3-10,18H2. The van der Waals surface area contributed by atoms with E-state index in [-0.39, 0.29) is 0 Å². The van der Waals surface area contributed by atoms with Gasteiger partial charge < -0.3 is 5.73 Å². The topological polar surface area (TPSA) is 26.0 Å². The van der Waals surface area contributed by atoms with Crippen molar-refractivity contribution < 1.29 is 0 Å². The van der Waals surface area contributed by atoms with E-state index in [1.165, 1.54) is 50.5 Å². The van der Waals surface area contributed by atoms with E-state index in [0.717, 1.165) is 24.2 Å². The van der Waals surface area contributed by atoms with Crippen molar-refractivity contribution in [3.63, 3.8) is 0 Å². The Morgan fingerprint density at radius 1 is 1.16 bits per heavy atom. The highest BCUT2D eigenvalue weighted by Gasteiger charge is 2.50. The maximum absolute atomic E-state index is 6.49. The van der Waals surface area contributed by atoms with Crippen LogP contribution in [0.3, 0.4) is 0 Å². The van der Waals surface area contributed by atoms with Crippen molar-refractivity contribution in [2.45, 2.75) is 57.4 Å². The highest BCUT2D eigenvalue weighted by atomic mass is 32.1. The van der Waals surface area contributed by atoms with Crippen LogP contribution >= 0.6 is 11.3 Å². The molecule has 0 radical (unpaired) electrons. The molecular weight excluding hydrogens is 250 g/mol. The molecule has 4 fully saturated rings. The fourth-order valence-corrected chi connectivity index (χ4v) is 6.56. The molecule has 104 valence electrons. The van der Waals surface area contributed by atoms with Crippen molar-refractivity contribution in [1.82, 2.24) is 0 Å². The molecule has 2 N–H and O–H groups in total. The summed E-state index contributed by atoms with van der Waals surface area (Å²) in [5.74, 6) is 3.17. The van der Waals surface area contributed by atoms with Gasteiger partial charge in [-0.2, -0.15) is 11.3 Å². The van der Waals surface area contributed by atoms with Gasteiger partial charge in [-0.1, -0.05) is 0 Å². The van der Waals surface area contributed by atoms with Gasteiger partial charge >= 0.3 is 0 Å². The second-order valence-electron chi connectivity index (χ2n) is 7.72. The Kier molecular flexibility index (Phi) is 3.00. The highest BCUT2D eigenvalue weighted by Crippen LogP contribution is 2.61. The van der Waals surface area contributed by atoms with Gasteiger partial charge in [0.2, 0.25) is 0 Å². The molecule has 4 bridgehead atoms. The van der Waals surface area contributed by atoms with Crippen molar-refractivity contribution in [1.29, 1.82) is 0 Å². The molecule has 1 unspecified atom stereocenters. The number of hydrogen-bond acceptors (Lipinski definition) is 2. The zero-order valence-corrected chi connectivity index (χ0v) is 12.5. The second-order valence-corrected chi connectivity index (χ2v) is 8.50. The second kappa shape index (κ2) is 4.60. The fourth-order valence-electron chi connectivity index (χ4n) is 5.88. The predicted octanol–water partition coefficient (Wildman–Crippen LogP) is 4.22. The summed E-state index contributed by atoms with van der Waals surface area (Å²) in [7, 11) is 0. The summed E-state index contributed by atoms with van der Waals surface area (Å²) in [5.41, 5.74) is 8.58. The van der Waals surface area contributed by atoms with Crippen LogP contribution in [0.2, 0.25) is 0 Å². The number of thiophene rings is 1. The van der Waals surface area contributed by atoms with Crippen molar-refractivity contribution in [3.05, 3.63) is 22.4 Å². The minimum Gasteiger partial charge on any atom is -0.327 e. The summed E-state index contributed by atoms with van der Waals surface area (Å²) in [6.45, 7) is 0. The molecule has 1 heterocycles. The number of hydrogen-bond donors (Lipinski definition) is 1. The van der Waals surface area contributed by atoms with E-state index in [9.17, 15) is 0 Å². The molecule has 0 amide bonds. The Morgan fingerprint density at radius 3 is 2.32 bits per heavy atom. The minimum atomic E-state index is 0.380. The molecule has 1 aromatic heterocycles. The monoisotopic (exact) mass is 275 g/mol. The first-order valence-corrected chi connectivity index (χ1v) is 8.92. The Balaban J connectivity index is 1.44. The Morgan fingerprint density at radius 2 is 1.79 bits per heavy atom. The molecule has 0 saturated heterocycles. The van der Waals surface area contributed by atoms with Crippen LogP contribution in [0.15, 0.2) is 16.8 Å². The van der Waals surface area contributed by atoms with Gasteiger partial charge in [-0.05, 0) is 96.9 Å². The minimum absolute atomic E-state index is 0.380. The van der Waals surface area contributed by atoms with E-state index in [2.05, 4.69) is 16.8 Å². The lowest BCUT2D eigenvalue weighted by Crippen LogP contribution is -2.48. The first-order chi connectivity index (χ1) is 9.21. The Hall–Kier alpha value is -0.340. The van der Waals surface area contributed by atoms with E-state index in [1.807, 2.05) is 0 Å². The van der Waals surface area contributed by atoms with Crippen LogP contribution in [-0.2, 0) is 6.42 Å². The summed E-state index contributed by atoms with van der Waals surface area (Å²) in [4.78, 5) is 0. The molecule has 0 aromatic carbocycles. The summed E-state index contributed by atoms with van der Waals surface area (Å²) < 4.78 is 0. The molecule has 0 spiro atoms. The molecular formula is C17H25NS. The first kappa shape index (κ1) is 12.4.